The molecular weight excluding hydrogens is 268 g/mol. The summed E-state index contributed by atoms with van der Waals surface area (Å²) >= 11 is 7.55. The third kappa shape index (κ3) is 3.58. The molecule has 2 heteroatoms. The van der Waals surface area contributed by atoms with Gasteiger partial charge in [0, 0.05) is 10.7 Å². The second-order valence-electron chi connectivity index (χ2n) is 4.96. The molecule has 1 aromatic rings. The Bertz CT molecular complexity index is 487. The zero-order valence-corrected chi connectivity index (χ0v) is 13.1. The maximum atomic E-state index is 5.68. The molecule has 0 amide bonds. The van der Waals surface area contributed by atoms with Gasteiger partial charge in [0.05, 0.1) is 4.20 Å². The number of thiocarbonyl (C=S) groups is 1. The molecule has 0 saturated heterocycles. The van der Waals surface area contributed by atoms with Crippen LogP contribution >= 0.6 is 24.0 Å². The SMILES string of the molecule is CCC1(SC(=S)C(C)c2ccccc2)C=CC=CC1. The molecule has 100 valence electrons. The van der Waals surface area contributed by atoms with E-state index in [2.05, 4.69) is 68.5 Å². The van der Waals surface area contributed by atoms with Gasteiger partial charge in [0.2, 0.25) is 0 Å². The van der Waals surface area contributed by atoms with Crippen LogP contribution in [0.2, 0.25) is 0 Å². The Labute approximate surface area is 126 Å². The molecule has 0 spiro atoms. The molecule has 1 aliphatic carbocycles. The van der Waals surface area contributed by atoms with Gasteiger partial charge in [0.1, 0.15) is 0 Å². The molecule has 0 bridgehead atoms. The maximum Gasteiger partial charge on any atom is 0.0559 e. The Hall–Kier alpha value is -0.860. The lowest BCUT2D eigenvalue weighted by Crippen LogP contribution is -2.24. The smallest absolute Gasteiger partial charge is 0.0559 e. The van der Waals surface area contributed by atoms with E-state index in [4.69, 9.17) is 12.2 Å². The summed E-state index contributed by atoms with van der Waals surface area (Å²) in [5.74, 6) is 0.323. The summed E-state index contributed by atoms with van der Waals surface area (Å²) in [5, 5.41) is 0. The normalized spacial score (nSPS) is 23.3. The highest BCUT2D eigenvalue weighted by atomic mass is 32.2. The molecule has 1 aromatic carbocycles. The van der Waals surface area contributed by atoms with Crippen LogP contribution in [0.1, 0.15) is 38.2 Å². The van der Waals surface area contributed by atoms with E-state index in [1.165, 1.54) is 5.56 Å². The predicted octanol–water partition coefficient (Wildman–Crippen LogP) is 5.52. The van der Waals surface area contributed by atoms with Gasteiger partial charge >= 0.3 is 0 Å². The van der Waals surface area contributed by atoms with Gasteiger partial charge in [-0.2, -0.15) is 0 Å². The van der Waals surface area contributed by atoms with Crippen molar-refractivity contribution in [3.63, 3.8) is 0 Å². The van der Waals surface area contributed by atoms with Gasteiger partial charge in [-0.05, 0) is 18.4 Å². The van der Waals surface area contributed by atoms with E-state index in [1.54, 1.807) is 0 Å². The molecule has 0 N–H and O–H groups in total. The van der Waals surface area contributed by atoms with Crippen molar-refractivity contribution in [2.24, 2.45) is 0 Å². The maximum absolute atomic E-state index is 5.68. The average Bonchev–Trinajstić information content (AvgIpc) is 2.48. The van der Waals surface area contributed by atoms with Crippen molar-refractivity contribution < 1.29 is 0 Å². The number of allylic oxidation sites excluding steroid dienone is 3. The first kappa shape index (κ1) is 14.5. The summed E-state index contributed by atoms with van der Waals surface area (Å²) in [4.78, 5) is 0. The van der Waals surface area contributed by atoms with Crippen molar-refractivity contribution in [2.45, 2.75) is 37.4 Å². The van der Waals surface area contributed by atoms with Gasteiger partial charge in [-0.15, -0.1) is 11.8 Å². The molecule has 19 heavy (non-hydrogen) atoms. The van der Waals surface area contributed by atoms with Gasteiger partial charge in [0.25, 0.3) is 0 Å². The third-order valence-corrected chi connectivity index (χ3v) is 5.82. The standard InChI is InChI=1S/C17H20S2/c1-3-17(12-8-5-9-13-17)19-16(18)14(2)15-10-6-4-7-11-15/h4-12,14H,3,13H2,1-2H3. The minimum Gasteiger partial charge on any atom is -0.107 e. The number of thioether (sulfide) groups is 1. The molecule has 2 atom stereocenters. The van der Waals surface area contributed by atoms with E-state index in [9.17, 15) is 0 Å². The van der Waals surface area contributed by atoms with Crippen LogP contribution in [0.5, 0.6) is 0 Å². The van der Waals surface area contributed by atoms with Gasteiger partial charge in [-0.3, -0.25) is 0 Å². The van der Waals surface area contributed by atoms with E-state index in [0.29, 0.717) is 5.92 Å². The summed E-state index contributed by atoms with van der Waals surface area (Å²) in [6, 6.07) is 10.5. The summed E-state index contributed by atoms with van der Waals surface area (Å²) in [7, 11) is 0. The molecular formula is C17H20S2. The molecule has 0 radical (unpaired) electrons. The lowest BCUT2D eigenvalue weighted by atomic mass is 9.97. The van der Waals surface area contributed by atoms with Crippen LogP contribution in [-0.2, 0) is 0 Å². The number of rotatable bonds is 4. The monoisotopic (exact) mass is 288 g/mol. The van der Waals surface area contributed by atoms with E-state index < -0.39 is 0 Å². The fourth-order valence-electron chi connectivity index (χ4n) is 2.22. The first-order valence-corrected chi connectivity index (χ1v) is 8.01. The summed E-state index contributed by atoms with van der Waals surface area (Å²) in [6.07, 6.45) is 11.0. The van der Waals surface area contributed by atoms with Crippen LogP contribution in [0.3, 0.4) is 0 Å². The zero-order chi connectivity index (χ0) is 13.7. The van der Waals surface area contributed by atoms with Gasteiger partial charge < -0.3 is 0 Å². The van der Waals surface area contributed by atoms with Gasteiger partial charge in [-0.1, -0.05) is 80.7 Å². The topological polar surface area (TPSA) is 0 Å². The second kappa shape index (κ2) is 6.53. The van der Waals surface area contributed by atoms with E-state index in [-0.39, 0.29) is 4.75 Å². The molecule has 0 heterocycles. The molecule has 0 aliphatic heterocycles. The first-order valence-electron chi connectivity index (χ1n) is 6.79. The van der Waals surface area contributed by atoms with Crippen LogP contribution in [0.25, 0.3) is 0 Å². The van der Waals surface area contributed by atoms with E-state index in [0.717, 1.165) is 17.0 Å². The quantitative estimate of drug-likeness (QED) is 0.669. The van der Waals surface area contributed by atoms with Gasteiger partial charge in [0.15, 0.2) is 0 Å². The molecule has 0 aromatic heterocycles. The van der Waals surface area contributed by atoms with Crippen LogP contribution in [-0.4, -0.2) is 8.94 Å². The Morgan fingerprint density at radius 3 is 2.63 bits per heavy atom. The zero-order valence-electron chi connectivity index (χ0n) is 11.5. The molecule has 1 aliphatic rings. The fourth-order valence-corrected chi connectivity index (χ4v) is 4.04. The van der Waals surface area contributed by atoms with E-state index >= 15 is 0 Å². The highest BCUT2D eigenvalue weighted by Crippen LogP contribution is 2.40. The third-order valence-electron chi connectivity index (χ3n) is 3.67. The summed E-state index contributed by atoms with van der Waals surface area (Å²) in [5.41, 5.74) is 1.31. The van der Waals surface area contributed by atoms with Crippen molar-refractivity contribution in [3.8, 4) is 0 Å². The lowest BCUT2D eigenvalue weighted by Gasteiger charge is -2.31. The number of benzene rings is 1. The minimum atomic E-state index is 0.162. The van der Waals surface area contributed by atoms with Crippen molar-refractivity contribution in [1.29, 1.82) is 0 Å². The van der Waals surface area contributed by atoms with Crippen molar-refractivity contribution in [3.05, 3.63) is 60.2 Å². The summed E-state index contributed by atoms with van der Waals surface area (Å²) in [6.45, 7) is 4.45. The highest BCUT2D eigenvalue weighted by Gasteiger charge is 2.29. The van der Waals surface area contributed by atoms with Crippen LogP contribution in [0, 0.1) is 0 Å². The van der Waals surface area contributed by atoms with Crippen LogP contribution < -0.4 is 0 Å². The number of hydrogen-bond donors (Lipinski definition) is 0. The second-order valence-corrected chi connectivity index (χ2v) is 7.12. The molecule has 0 fully saturated rings. The first-order chi connectivity index (χ1) is 9.17. The number of hydrogen-bond acceptors (Lipinski definition) is 2. The highest BCUT2D eigenvalue weighted by molar-refractivity contribution is 8.24. The predicted molar refractivity (Wildman–Crippen MR) is 91.0 cm³/mol. The summed E-state index contributed by atoms with van der Waals surface area (Å²) < 4.78 is 1.25. The van der Waals surface area contributed by atoms with Crippen LogP contribution in [0.15, 0.2) is 54.6 Å². The molecule has 0 saturated carbocycles. The Balaban J connectivity index is 2.08. The Morgan fingerprint density at radius 1 is 1.32 bits per heavy atom. The average molecular weight is 288 g/mol. The molecule has 2 unspecified atom stereocenters. The van der Waals surface area contributed by atoms with Gasteiger partial charge in [-0.25, -0.2) is 0 Å². The lowest BCUT2D eigenvalue weighted by molar-refractivity contribution is 0.691. The molecule has 2 rings (SSSR count). The van der Waals surface area contributed by atoms with Crippen molar-refractivity contribution in [2.75, 3.05) is 0 Å². The van der Waals surface area contributed by atoms with E-state index in [1.807, 2.05) is 11.8 Å². The minimum absolute atomic E-state index is 0.162. The fraction of sp³-hybridized carbons (Fsp3) is 0.353. The molecule has 0 nitrogen and oxygen atoms in total. The largest absolute Gasteiger partial charge is 0.107 e. The Kier molecular flexibility index (Phi) is 5.00. The van der Waals surface area contributed by atoms with Crippen molar-refractivity contribution >= 4 is 28.2 Å². The van der Waals surface area contributed by atoms with Crippen LogP contribution in [0.4, 0.5) is 0 Å². The Morgan fingerprint density at radius 2 is 2.05 bits per heavy atom. The van der Waals surface area contributed by atoms with Crippen molar-refractivity contribution in [1.82, 2.24) is 0 Å².